The van der Waals surface area contributed by atoms with E-state index in [0.717, 1.165) is 6.42 Å². The van der Waals surface area contributed by atoms with Crippen molar-refractivity contribution in [3.63, 3.8) is 0 Å². The molecule has 1 amide bonds. The lowest BCUT2D eigenvalue weighted by molar-refractivity contribution is 0.258. The third-order valence-corrected chi connectivity index (χ3v) is 3.12. The summed E-state index contributed by atoms with van der Waals surface area (Å²) < 4.78 is 0. The van der Waals surface area contributed by atoms with E-state index in [1.807, 2.05) is 0 Å². The molecule has 0 aliphatic rings. The van der Waals surface area contributed by atoms with Gasteiger partial charge < -0.3 is 5.32 Å². The predicted octanol–water partition coefficient (Wildman–Crippen LogP) is 3.64. The van der Waals surface area contributed by atoms with Gasteiger partial charge >= 0.3 is 0 Å². The van der Waals surface area contributed by atoms with Crippen LogP contribution in [0.5, 0.6) is 0 Å². The Bertz CT molecular complexity index is 141. The van der Waals surface area contributed by atoms with Gasteiger partial charge in [0.25, 0.3) is 4.82 Å². The summed E-state index contributed by atoms with van der Waals surface area (Å²) in [6, 6.07) is 0. The first-order chi connectivity index (χ1) is 5.57. The normalized spacial score (nSPS) is 15.3. The molecule has 0 bridgehead atoms. The highest BCUT2D eigenvalue weighted by atomic mass is 79.9. The molecule has 1 N–H and O–H groups in total. The molecule has 0 heterocycles. The monoisotopic (exact) mass is 299 g/mol. The number of carbonyl (C=O) groups is 1. The summed E-state index contributed by atoms with van der Waals surface area (Å²) in [5, 5.41) is 2.75. The van der Waals surface area contributed by atoms with Crippen LogP contribution in [-0.4, -0.2) is 9.77 Å². The number of nitrogens with one attached hydrogen (secondary N) is 1. The number of rotatable bonds is 5. The lowest BCUT2D eigenvalue weighted by atomic mass is 10.0. The minimum Gasteiger partial charge on any atom is -0.334 e. The first kappa shape index (κ1) is 12.4. The van der Waals surface area contributed by atoms with E-state index in [2.05, 4.69) is 51.0 Å². The molecule has 0 spiro atoms. The van der Waals surface area contributed by atoms with E-state index in [1.165, 1.54) is 12.8 Å². The van der Waals surface area contributed by atoms with Crippen LogP contribution < -0.4 is 5.32 Å². The van der Waals surface area contributed by atoms with E-state index < -0.39 is 0 Å². The smallest absolute Gasteiger partial charge is 0.288 e. The van der Waals surface area contributed by atoms with Crippen LogP contribution in [0.1, 0.15) is 33.1 Å². The molecule has 12 heavy (non-hydrogen) atoms. The number of amides is 1. The Kier molecular flexibility index (Phi) is 7.14. The number of hydrogen-bond acceptors (Lipinski definition) is 1. The summed E-state index contributed by atoms with van der Waals surface area (Å²) in [5.41, 5.74) is 0. The number of unbranched alkanes of at least 4 members (excludes halogenated alkanes) is 1. The molecule has 2 nitrogen and oxygen atoms in total. The van der Waals surface area contributed by atoms with Gasteiger partial charge in [-0.05, 0) is 12.3 Å². The zero-order chi connectivity index (χ0) is 9.56. The second-order valence-electron chi connectivity index (χ2n) is 2.94. The van der Waals surface area contributed by atoms with Gasteiger partial charge in [-0.15, -0.1) is 0 Å². The molecule has 0 rings (SSSR count). The van der Waals surface area contributed by atoms with Gasteiger partial charge in [-0.3, -0.25) is 4.79 Å². The molecular formula is C8H15Br2NO. The highest BCUT2D eigenvalue weighted by molar-refractivity contribution is 9.18. The van der Waals surface area contributed by atoms with Crippen LogP contribution in [0.15, 0.2) is 0 Å². The van der Waals surface area contributed by atoms with Gasteiger partial charge in [-0.1, -0.05) is 42.6 Å². The minimum absolute atomic E-state index is 0.0796. The molecule has 4 heteroatoms. The van der Waals surface area contributed by atoms with Crippen molar-refractivity contribution >= 4 is 36.7 Å². The fourth-order valence-corrected chi connectivity index (χ4v) is 1.95. The van der Waals surface area contributed by atoms with Gasteiger partial charge in [0.1, 0.15) is 0 Å². The zero-order valence-electron chi connectivity index (χ0n) is 7.44. The van der Waals surface area contributed by atoms with Gasteiger partial charge in [0.2, 0.25) is 0 Å². The van der Waals surface area contributed by atoms with Gasteiger partial charge in [-0.2, -0.15) is 0 Å². The number of carbonyl (C=O) groups excluding carboxylic acids is 1. The Labute approximate surface area is 90.7 Å². The predicted molar refractivity (Wildman–Crippen MR) is 58.9 cm³/mol. The summed E-state index contributed by atoms with van der Waals surface area (Å²) in [7, 11) is 0. The minimum atomic E-state index is -0.160. The summed E-state index contributed by atoms with van der Waals surface area (Å²) in [4.78, 5) is 10.5. The Morgan fingerprint density at radius 3 is 2.58 bits per heavy atom. The molecule has 0 aliphatic carbocycles. The molecule has 0 aromatic carbocycles. The maximum atomic E-state index is 10.6. The Morgan fingerprint density at radius 2 is 2.17 bits per heavy atom. The molecule has 2 unspecified atom stereocenters. The van der Waals surface area contributed by atoms with E-state index in [4.69, 9.17) is 0 Å². The first-order valence-electron chi connectivity index (χ1n) is 4.18. The van der Waals surface area contributed by atoms with Crippen molar-refractivity contribution in [2.45, 2.75) is 38.1 Å². The maximum absolute atomic E-state index is 10.6. The van der Waals surface area contributed by atoms with Crippen molar-refractivity contribution in [1.29, 1.82) is 0 Å². The van der Waals surface area contributed by atoms with Crippen LogP contribution in [0.2, 0.25) is 0 Å². The van der Waals surface area contributed by atoms with Crippen molar-refractivity contribution in [2.24, 2.45) is 5.92 Å². The SMILES string of the molecule is CCCCC(C)C(Br)NC(=O)Br. The Balaban J connectivity index is 3.60. The molecule has 0 saturated heterocycles. The van der Waals surface area contributed by atoms with Crippen LogP contribution in [0.25, 0.3) is 0 Å². The fraction of sp³-hybridized carbons (Fsp3) is 0.875. The highest BCUT2D eigenvalue weighted by Gasteiger charge is 2.13. The van der Waals surface area contributed by atoms with Crippen molar-refractivity contribution in [2.75, 3.05) is 0 Å². The number of halogens is 2. The topological polar surface area (TPSA) is 29.1 Å². The van der Waals surface area contributed by atoms with E-state index in [0.29, 0.717) is 5.92 Å². The largest absolute Gasteiger partial charge is 0.334 e. The molecule has 0 aromatic heterocycles. The zero-order valence-corrected chi connectivity index (χ0v) is 10.6. The summed E-state index contributed by atoms with van der Waals surface area (Å²) >= 11 is 6.24. The summed E-state index contributed by atoms with van der Waals surface area (Å²) in [6.07, 6.45) is 3.55. The van der Waals surface area contributed by atoms with Crippen molar-refractivity contribution in [3.05, 3.63) is 0 Å². The number of alkyl halides is 1. The molecule has 0 aromatic rings. The Morgan fingerprint density at radius 1 is 1.58 bits per heavy atom. The average molecular weight is 301 g/mol. The lowest BCUT2D eigenvalue weighted by Crippen LogP contribution is -2.30. The molecule has 2 atom stereocenters. The van der Waals surface area contributed by atoms with E-state index in [-0.39, 0.29) is 9.77 Å². The Hall–Kier alpha value is 0.430. The highest BCUT2D eigenvalue weighted by Crippen LogP contribution is 2.17. The van der Waals surface area contributed by atoms with E-state index in [9.17, 15) is 4.79 Å². The van der Waals surface area contributed by atoms with E-state index >= 15 is 0 Å². The van der Waals surface area contributed by atoms with Crippen molar-refractivity contribution in [3.8, 4) is 0 Å². The quantitative estimate of drug-likeness (QED) is 0.469. The fourth-order valence-electron chi connectivity index (χ4n) is 0.923. The van der Waals surface area contributed by atoms with Crippen LogP contribution >= 0.6 is 31.9 Å². The van der Waals surface area contributed by atoms with Crippen LogP contribution in [-0.2, 0) is 0 Å². The van der Waals surface area contributed by atoms with E-state index in [1.54, 1.807) is 0 Å². The van der Waals surface area contributed by atoms with Crippen molar-refractivity contribution in [1.82, 2.24) is 5.32 Å². The van der Waals surface area contributed by atoms with Crippen LogP contribution in [0.3, 0.4) is 0 Å². The summed E-state index contributed by atoms with van der Waals surface area (Å²) in [5.74, 6) is 0.478. The molecule has 0 aliphatic heterocycles. The maximum Gasteiger partial charge on any atom is 0.288 e. The molecule has 72 valence electrons. The standard InChI is InChI=1S/C8H15Br2NO/c1-3-4-5-6(2)7(9)11-8(10)12/h6-7H,3-5H2,1-2H3,(H,11,12). The van der Waals surface area contributed by atoms with Crippen LogP contribution in [0.4, 0.5) is 4.79 Å². The van der Waals surface area contributed by atoms with Gasteiger partial charge in [0.15, 0.2) is 0 Å². The van der Waals surface area contributed by atoms with Gasteiger partial charge in [0.05, 0.1) is 4.95 Å². The third-order valence-electron chi connectivity index (χ3n) is 1.76. The second kappa shape index (κ2) is 6.89. The average Bonchev–Trinajstić information content (AvgIpc) is 1.98. The molecular weight excluding hydrogens is 286 g/mol. The first-order valence-corrected chi connectivity index (χ1v) is 5.88. The van der Waals surface area contributed by atoms with Crippen LogP contribution in [0, 0.1) is 5.92 Å². The third kappa shape index (κ3) is 6.00. The second-order valence-corrected chi connectivity index (χ2v) is 4.65. The molecule has 0 radical (unpaired) electrons. The number of hydrogen-bond donors (Lipinski definition) is 1. The lowest BCUT2D eigenvalue weighted by Gasteiger charge is -2.17. The van der Waals surface area contributed by atoms with Crippen molar-refractivity contribution < 1.29 is 4.79 Å². The molecule has 0 fully saturated rings. The van der Waals surface area contributed by atoms with Gasteiger partial charge in [-0.25, -0.2) is 0 Å². The summed E-state index contributed by atoms with van der Waals surface area (Å²) in [6.45, 7) is 4.29. The van der Waals surface area contributed by atoms with Gasteiger partial charge in [0, 0.05) is 15.9 Å². The molecule has 0 saturated carbocycles.